The fourth-order valence-corrected chi connectivity index (χ4v) is 4.66. The number of nitro groups is 1. The first-order chi connectivity index (χ1) is 17.5. The molecule has 0 atom stereocenters. The number of hydrogen-bond acceptors (Lipinski definition) is 7. The van der Waals surface area contributed by atoms with E-state index in [1.54, 1.807) is 47.7 Å². The minimum Gasteiger partial charge on any atom is -0.495 e. The molecule has 1 N–H and O–H groups in total. The van der Waals surface area contributed by atoms with Gasteiger partial charge in [0, 0.05) is 17.7 Å². The Balaban J connectivity index is 1.34. The number of thiazole rings is 1. The van der Waals surface area contributed by atoms with Gasteiger partial charge >= 0.3 is 0 Å². The van der Waals surface area contributed by atoms with Gasteiger partial charge in [-0.1, -0.05) is 24.3 Å². The van der Waals surface area contributed by atoms with E-state index >= 15 is 0 Å². The van der Waals surface area contributed by atoms with E-state index in [0.29, 0.717) is 28.5 Å². The highest BCUT2D eigenvalue weighted by Crippen LogP contribution is 2.35. The van der Waals surface area contributed by atoms with Gasteiger partial charge in [0.2, 0.25) is 5.91 Å². The lowest BCUT2D eigenvalue weighted by Crippen LogP contribution is -2.09. The first-order valence-electron chi connectivity index (χ1n) is 10.9. The van der Waals surface area contributed by atoms with Gasteiger partial charge < -0.3 is 14.5 Å². The molecule has 0 aliphatic heterocycles. The highest BCUT2D eigenvalue weighted by molar-refractivity contribution is 7.21. The molecule has 0 saturated carbocycles. The number of anilines is 1. The predicted molar refractivity (Wildman–Crippen MR) is 140 cm³/mol. The number of methoxy groups -OCH3 is 1. The van der Waals surface area contributed by atoms with Gasteiger partial charge in [-0.15, -0.1) is 11.3 Å². The van der Waals surface area contributed by atoms with Crippen LogP contribution in [0, 0.1) is 10.1 Å². The number of furan rings is 1. The van der Waals surface area contributed by atoms with E-state index in [-0.39, 0.29) is 5.69 Å². The van der Waals surface area contributed by atoms with Crippen LogP contribution in [-0.2, 0) is 4.79 Å². The van der Waals surface area contributed by atoms with Crippen molar-refractivity contribution in [2.75, 3.05) is 12.4 Å². The quantitative estimate of drug-likeness (QED) is 0.151. The molecule has 1 amide bonds. The lowest BCUT2D eigenvalue weighted by atomic mass is 10.1. The average molecular weight is 498 g/mol. The highest BCUT2D eigenvalue weighted by Gasteiger charge is 2.17. The van der Waals surface area contributed by atoms with Crippen molar-refractivity contribution in [3.8, 4) is 27.6 Å². The topological polar surface area (TPSA) is 108 Å². The molecule has 2 aromatic heterocycles. The second kappa shape index (κ2) is 9.85. The summed E-state index contributed by atoms with van der Waals surface area (Å²) in [5.74, 6) is 0.845. The van der Waals surface area contributed by atoms with E-state index in [2.05, 4.69) is 10.3 Å². The number of ether oxygens (including phenoxy) is 1. The van der Waals surface area contributed by atoms with Gasteiger partial charge in [-0.2, -0.15) is 0 Å². The highest BCUT2D eigenvalue weighted by atomic mass is 32.1. The second-order valence-electron chi connectivity index (χ2n) is 7.70. The molecule has 0 saturated heterocycles. The molecule has 0 radical (unpaired) electrons. The van der Waals surface area contributed by atoms with Crippen LogP contribution in [0.25, 0.3) is 38.2 Å². The zero-order valence-electron chi connectivity index (χ0n) is 19.0. The largest absolute Gasteiger partial charge is 0.495 e. The first kappa shape index (κ1) is 23.0. The Hall–Kier alpha value is -4.76. The number of nitrogens with one attached hydrogen (secondary N) is 1. The smallest absolute Gasteiger partial charge is 0.280 e. The lowest BCUT2D eigenvalue weighted by Gasteiger charge is -2.10. The van der Waals surface area contributed by atoms with E-state index in [0.717, 1.165) is 20.8 Å². The van der Waals surface area contributed by atoms with Crippen LogP contribution in [0.3, 0.4) is 0 Å². The number of benzene rings is 3. The molecule has 2 heterocycles. The van der Waals surface area contributed by atoms with E-state index in [4.69, 9.17) is 9.15 Å². The van der Waals surface area contributed by atoms with E-state index < -0.39 is 10.8 Å². The molecule has 0 aliphatic rings. The molecular weight excluding hydrogens is 478 g/mol. The molecule has 178 valence electrons. The zero-order chi connectivity index (χ0) is 25.1. The van der Waals surface area contributed by atoms with Crippen molar-refractivity contribution in [2.24, 2.45) is 0 Å². The molecule has 36 heavy (non-hydrogen) atoms. The van der Waals surface area contributed by atoms with Crippen molar-refractivity contribution >= 4 is 44.9 Å². The Morgan fingerprint density at radius 1 is 1.08 bits per heavy atom. The number of nitrogens with zero attached hydrogens (tertiary/aromatic N) is 2. The van der Waals surface area contributed by atoms with Crippen LogP contribution in [0.1, 0.15) is 5.76 Å². The van der Waals surface area contributed by atoms with Gasteiger partial charge in [0.15, 0.2) is 0 Å². The third-order valence-corrected chi connectivity index (χ3v) is 6.48. The Kier molecular flexibility index (Phi) is 6.29. The number of para-hydroxylation sites is 2. The lowest BCUT2D eigenvalue weighted by molar-refractivity contribution is -0.384. The maximum atomic E-state index is 12.7. The predicted octanol–water partition coefficient (Wildman–Crippen LogP) is 6.79. The number of amides is 1. The number of carbonyl (C=O) groups is 1. The summed E-state index contributed by atoms with van der Waals surface area (Å²) in [7, 11) is 1.53. The van der Waals surface area contributed by atoms with Gasteiger partial charge in [0.1, 0.15) is 22.3 Å². The Labute approximate surface area is 209 Å². The van der Waals surface area contributed by atoms with Crippen molar-refractivity contribution in [1.29, 1.82) is 0 Å². The van der Waals surface area contributed by atoms with Gasteiger partial charge in [-0.25, -0.2) is 4.98 Å². The van der Waals surface area contributed by atoms with Gasteiger partial charge in [0.05, 0.1) is 33.5 Å². The number of aromatic nitrogens is 1. The maximum Gasteiger partial charge on any atom is 0.280 e. The fraction of sp³-hybridized carbons (Fsp3) is 0.0370. The van der Waals surface area contributed by atoms with Crippen molar-refractivity contribution < 1.29 is 18.9 Å². The summed E-state index contributed by atoms with van der Waals surface area (Å²) in [6.45, 7) is 0. The van der Waals surface area contributed by atoms with E-state index in [9.17, 15) is 14.9 Å². The van der Waals surface area contributed by atoms with Crippen LogP contribution in [0.2, 0.25) is 0 Å². The number of fused-ring (bicyclic) bond motifs is 1. The molecule has 0 unspecified atom stereocenters. The molecule has 0 spiro atoms. The second-order valence-corrected chi connectivity index (χ2v) is 8.73. The van der Waals surface area contributed by atoms with Gasteiger partial charge in [-0.3, -0.25) is 14.9 Å². The van der Waals surface area contributed by atoms with E-state index in [1.165, 1.54) is 25.3 Å². The van der Waals surface area contributed by atoms with Crippen molar-refractivity contribution in [3.05, 3.63) is 101 Å². The fourth-order valence-electron chi connectivity index (χ4n) is 3.69. The average Bonchev–Trinajstić information content (AvgIpc) is 3.55. The molecular formula is C27H19N3O5S. The molecule has 9 heteroatoms. The molecule has 3 aromatic carbocycles. The van der Waals surface area contributed by atoms with Crippen LogP contribution in [0.15, 0.2) is 89.4 Å². The summed E-state index contributed by atoms with van der Waals surface area (Å²) >= 11 is 1.57. The maximum absolute atomic E-state index is 12.7. The molecule has 0 fully saturated rings. The minimum atomic E-state index is -0.462. The summed E-state index contributed by atoms with van der Waals surface area (Å²) in [6, 6.07) is 23.0. The number of carbonyl (C=O) groups excluding carboxylic acids is 1. The summed E-state index contributed by atoms with van der Waals surface area (Å²) < 4.78 is 12.2. The van der Waals surface area contributed by atoms with E-state index in [1.807, 2.05) is 36.4 Å². The van der Waals surface area contributed by atoms with Crippen LogP contribution in [0.4, 0.5) is 11.4 Å². The number of hydrogen-bond donors (Lipinski definition) is 1. The molecule has 8 nitrogen and oxygen atoms in total. The van der Waals surface area contributed by atoms with Crippen LogP contribution in [-0.4, -0.2) is 22.9 Å². The molecule has 0 aliphatic carbocycles. The van der Waals surface area contributed by atoms with Crippen LogP contribution in [0.5, 0.6) is 5.75 Å². The van der Waals surface area contributed by atoms with Crippen molar-refractivity contribution in [2.45, 2.75) is 0 Å². The standard InChI is InChI=1S/C27H19N3O5S/c1-34-24-13-10-17(27-29-20-7-3-5-9-25(20)36-27)16-21(24)28-26(31)15-12-18-11-14-23(35-18)19-6-2-4-8-22(19)30(32)33/h2-16H,1H3,(H,28,31). The monoisotopic (exact) mass is 497 g/mol. The first-order valence-corrected chi connectivity index (χ1v) is 11.7. The van der Waals surface area contributed by atoms with Crippen LogP contribution >= 0.6 is 11.3 Å². The van der Waals surface area contributed by atoms with Crippen molar-refractivity contribution in [3.63, 3.8) is 0 Å². The van der Waals surface area contributed by atoms with Crippen molar-refractivity contribution in [1.82, 2.24) is 4.98 Å². The SMILES string of the molecule is COc1ccc(-c2nc3ccccc3s2)cc1NC(=O)C=Cc1ccc(-c2ccccc2[N+](=O)[O-])o1. The third-order valence-electron chi connectivity index (χ3n) is 5.39. The van der Waals surface area contributed by atoms with Gasteiger partial charge in [-0.05, 0) is 54.6 Å². The number of rotatable bonds is 7. The van der Waals surface area contributed by atoms with Crippen LogP contribution < -0.4 is 10.1 Å². The zero-order valence-corrected chi connectivity index (χ0v) is 19.8. The third kappa shape index (κ3) is 4.73. The summed E-state index contributed by atoms with van der Waals surface area (Å²) in [5, 5.41) is 15.0. The molecule has 5 aromatic rings. The molecule has 5 rings (SSSR count). The summed E-state index contributed by atoms with van der Waals surface area (Å²) in [6.07, 6.45) is 2.82. The molecule has 0 bridgehead atoms. The Morgan fingerprint density at radius 3 is 2.69 bits per heavy atom. The number of nitro benzene ring substituents is 1. The Bertz CT molecular complexity index is 1590. The summed E-state index contributed by atoms with van der Waals surface area (Å²) in [4.78, 5) is 28.2. The normalized spacial score (nSPS) is 11.1. The summed E-state index contributed by atoms with van der Waals surface area (Å²) in [5.41, 5.74) is 2.59. The Morgan fingerprint density at radius 2 is 1.89 bits per heavy atom. The minimum absolute atomic E-state index is 0.0553. The van der Waals surface area contributed by atoms with Gasteiger partial charge in [0.25, 0.3) is 5.69 Å².